The minimum atomic E-state index is 0.00378. The summed E-state index contributed by atoms with van der Waals surface area (Å²) in [5.41, 5.74) is 6.51. The van der Waals surface area contributed by atoms with Gasteiger partial charge in [0.25, 0.3) is 0 Å². The van der Waals surface area contributed by atoms with Crippen LogP contribution < -0.4 is 11.1 Å². The molecule has 76 valence electrons. The molecule has 0 spiro atoms. The van der Waals surface area contributed by atoms with Crippen LogP contribution in [-0.4, -0.2) is 30.6 Å². The largest absolute Gasteiger partial charge is 0.394 e. The summed E-state index contributed by atoms with van der Waals surface area (Å²) in [6.07, 6.45) is 3.79. The minimum absolute atomic E-state index is 0.00378. The van der Waals surface area contributed by atoms with Gasteiger partial charge in [-0.25, -0.2) is 0 Å². The molecule has 0 aromatic carbocycles. The Morgan fingerprint density at radius 3 is 3.00 bits per heavy atom. The van der Waals surface area contributed by atoms with Crippen LogP contribution in [-0.2, 0) is 4.74 Å². The summed E-state index contributed by atoms with van der Waals surface area (Å²) in [5, 5.41) is 11.9. The molecule has 1 aliphatic heterocycles. The van der Waals surface area contributed by atoms with Gasteiger partial charge in [0.2, 0.25) is 0 Å². The number of aliphatic hydroxyl groups excluding tert-OH is 1. The molecule has 0 saturated carbocycles. The minimum Gasteiger partial charge on any atom is -0.394 e. The van der Waals surface area contributed by atoms with E-state index in [9.17, 15) is 0 Å². The van der Waals surface area contributed by atoms with E-state index in [1.165, 1.54) is 0 Å². The lowest BCUT2D eigenvalue weighted by Gasteiger charge is -2.12. The van der Waals surface area contributed by atoms with Gasteiger partial charge in [-0.1, -0.05) is 0 Å². The Hall–Kier alpha value is -0.580. The molecule has 4 N–H and O–H groups in total. The molecule has 1 saturated heterocycles. The Kier molecular flexibility index (Phi) is 4.21. The van der Waals surface area contributed by atoms with Gasteiger partial charge in [-0.05, 0) is 31.5 Å². The highest BCUT2D eigenvalue weighted by Gasteiger charge is 2.23. The normalized spacial score (nSPS) is 29.3. The third kappa shape index (κ3) is 3.34. The fourth-order valence-electron chi connectivity index (χ4n) is 1.26. The average molecular weight is 186 g/mol. The molecular weight excluding hydrogens is 168 g/mol. The molecule has 2 unspecified atom stereocenters. The van der Waals surface area contributed by atoms with E-state index in [0.717, 1.165) is 18.4 Å². The van der Waals surface area contributed by atoms with Gasteiger partial charge in [0.05, 0.1) is 12.7 Å². The number of hydrogen-bond donors (Lipinski definition) is 3. The molecule has 0 aliphatic carbocycles. The van der Waals surface area contributed by atoms with Crippen LogP contribution in [0, 0.1) is 0 Å². The highest BCUT2D eigenvalue weighted by atomic mass is 16.5. The Morgan fingerprint density at radius 2 is 2.46 bits per heavy atom. The van der Waals surface area contributed by atoms with Crippen LogP contribution in [0.2, 0.25) is 0 Å². The lowest BCUT2D eigenvalue weighted by atomic mass is 10.2. The molecule has 2 atom stereocenters. The van der Waals surface area contributed by atoms with Crippen molar-refractivity contribution in [3.05, 3.63) is 11.8 Å². The maximum absolute atomic E-state index is 8.82. The first-order valence-corrected chi connectivity index (χ1v) is 4.64. The van der Waals surface area contributed by atoms with Crippen molar-refractivity contribution < 1.29 is 9.84 Å². The predicted octanol–water partition coefficient (Wildman–Crippen LogP) is -0.0641. The van der Waals surface area contributed by atoms with E-state index in [2.05, 4.69) is 5.32 Å². The Labute approximate surface area is 78.8 Å². The van der Waals surface area contributed by atoms with Crippen LogP contribution in [0.3, 0.4) is 0 Å². The van der Waals surface area contributed by atoms with E-state index in [-0.39, 0.29) is 18.9 Å². The maximum Gasteiger partial charge on any atom is 0.127 e. The quantitative estimate of drug-likeness (QED) is 0.575. The Morgan fingerprint density at radius 1 is 1.69 bits per heavy atom. The first-order chi connectivity index (χ1) is 6.26. The van der Waals surface area contributed by atoms with Crippen molar-refractivity contribution in [3.8, 4) is 0 Å². The van der Waals surface area contributed by atoms with Gasteiger partial charge in [-0.3, -0.25) is 0 Å². The Balaban J connectivity index is 2.24. The molecule has 4 heteroatoms. The van der Waals surface area contributed by atoms with Crippen molar-refractivity contribution in [2.75, 3.05) is 13.2 Å². The zero-order chi connectivity index (χ0) is 9.68. The summed E-state index contributed by atoms with van der Waals surface area (Å²) in [4.78, 5) is 0. The van der Waals surface area contributed by atoms with Crippen LogP contribution in [0.4, 0.5) is 0 Å². The van der Waals surface area contributed by atoms with E-state index in [1.807, 2.05) is 13.1 Å². The summed E-state index contributed by atoms with van der Waals surface area (Å²) in [6.45, 7) is 2.63. The van der Waals surface area contributed by atoms with E-state index < -0.39 is 0 Å². The van der Waals surface area contributed by atoms with Gasteiger partial charge in [0, 0.05) is 6.54 Å². The van der Waals surface area contributed by atoms with Crippen LogP contribution in [0.1, 0.15) is 19.8 Å². The molecule has 13 heavy (non-hydrogen) atoms. The molecular formula is C9H18N2O2. The van der Waals surface area contributed by atoms with E-state index in [0.29, 0.717) is 6.54 Å². The summed E-state index contributed by atoms with van der Waals surface area (Å²) in [7, 11) is 0. The number of hydrogen-bond acceptors (Lipinski definition) is 4. The van der Waals surface area contributed by atoms with Crippen LogP contribution in [0.15, 0.2) is 11.8 Å². The first-order valence-electron chi connectivity index (χ1n) is 4.64. The molecule has 1 heterocycles. The second kappa shape index (κ2) is 5.21. The van der Waals surface area contributed by atoms with Gasteiger partial charge in [-0.15, -0.1) is 0 Å². The third-order valence-electron chi connectivity index (χ3n) is 2.15. The smallest absolute Gasteiger partial charge is 0.127 e. The van der Waals surface area contributed by atoms with Gasteiger partial charge in [0.1, 0.15) is 6.23 Å². The van der Waals surface area contributed by atoms with Gasteiger partial charge < -0.3 is 20.9 Å². The highest BCUT2D eigenvalue weighted by Crippen LogP contribution is 2.17. The van der Waals surface area contributed by atoms with E-state index >= 15 is 0 Å². The number of ether oxygens (including phenoxy) is 1. The number of aliphatic hydroxyl groups is 1. The lowest BCUT2D eigenvalue weighted by molar-refractivity contribution is 0.00308. The molecule has 0 aromatic heterocycles. The van der Waals surface area contributed by atoms with Crippen molar-refractivity contribution in [2.45, 2.75) is 32.1 Å². The summed E-state index contributed by atoms with van der Waals surface area (Å²) >= 11 is 0. The standard InChI is InChI=1S/C9H18N2O2/c1-7(4-10)5-11-9-3-2-8(6-12)13-9/h5,8-9,11-12H,2-4,6,10H2,1H3/b7-5-. The number of nitrogens with one attached hydrogen (secondary N) is 1. The van der Waals surface area contributed by atoms with Crippen molar-refractivity contribution in [2.24, 2.45) is 5.73 Å². The first kappa shape index (κ1) is 10.5. The zero-order valence-corrected chi connectivity index (χ0v) is 7.99. The van der Waals surface area contributed by atoms with Crippen LogP contribution in [0.25, 0.3) is 0 Å². The number of nitrogens with two attached hydrogens (primary N) is 1. The van der Waals surface area contributed by atoms with Crippen molar-refractivity contribution in [3.63, 3.8) is 0 Å². The molecule has 0 aromatic rings. The lowest BCUT2D eigenvalue weighted by Crippen LogP contribution is -2.26. The Bertz CT molecular complexity index is 182. The molecule has 1 rings (SSSR count). The van der Waals surface area contributed by atoms with Gasteiger partial charge in [0.15, 0.2) is 0 Å². The molecule has 0 amide bonds. The summed E-state index contributed by atoms with van der Waals surface area (Å²) < 4.78 is 5.46. The van der Waals surface area contributed by atoms with Gasteiger partial charge in [-0.2, -0.15) is 0 Å². The van der Waals surface area contributed by atoms with Crippen LogP contribution in [0.5, 0.6) is 0 Å². The van der Waals surface area contributed by atoms with Crippen molar-refractivity contribution in [1.82, 2.24) is 5.32 Å². The van der Waals surface area contributed by atoms with Crippen molar-refractivity contribution >= 4 is 0 Å². The number of rotatable bonds is 4. The van der Waals surface area contributed by atoms with Crippen LogP contribution >= 0.6 is 0 Å². The molecule has 1 fully saturated rings. The second-order valence-corrected chi connectivity index (χ2v) is 3.37. The van der Waals surface area contributed by atoms with Crippen molar-refractivity contribution in [1.29, 1.82) is 0 Å². The topological polar surface area (TPSA) is 67.5 Å². The molecule has 1 aliphatic rings. The predicted molar refractivity (Wildman–Crippen MR) is 50.9 cm³/mol. The summed E-state index contributed by atoms with van der Waals surface area (Å²) in [5.74, 6) is 0. The van der Waals surface area contributed by atoms with E-state index in [4.69, 9.17) is 15.6 Å². The fraction of sp³-hybridized carbons (Fsp3) is 0.778. The molecule has 4 nitrogen and oxygen atoms in total. The molecule has 0 bridgehead atoms. The van der Waals surface area contributed by atoms with Gasteiger partial charge >= 0.3 is 0 Å². The second-order valence-electron chi connectivity index (χ2n) is 3.37. The SMILES string of the molecule is C/C(=C/NC1CCC(CO)O1)CN. The molecule has 0 radical (unpaired) electrons. The summed E-state index contributed by atoms with van der Waals surface area (Å²) in [6, 6.07) is 0. The third-order valence-corrected chi connectivity index (χ3v) is 2.15. The average Bonchev–Trinajstić information content (AvgIpc) is 2.61. The highest BCUT2D eigenvalue weighted by molar-refractivity contribution is 4.98. The van der Waals surface area contributed by atoms with E-state index in [1.54, 1.807) is 0 Å². The fourth-order valence-corrected chi connectivity index (χ4v) is 1.26. The zero-order valence-electron chi connectivity index (χ0n) is 7.99. The monoisotopic (exact) mass is 186 g/mol. The maximum atomic E-state index is 8.82.